The van der Waals surface area contributed by atoms with Crippen molar-refractivity contribution < 1.29 is 18.0 Å². The van der Waals surface area contributed by atoms with Gasteiger partial charge in [-0.3, -0.25) is 9.59 Å². The number of hydrogen-bond donors (Lipinski definition) is 2. The number of primary amides is 1. The molecule has 7 heteroatoms. The molecule has 2 amide bonds. The Morgan fingerprint density at radius 2 is 2.07 bits per heavy atom. The van der Waals surface area contributed by atoms with E-state index in [0.717, 1.165) is 0 Å². The van der Waals surface area contributed by atoms with Crippen LogP contribution in [-0.4, -0.2) is 38.3 Å². The average molecular weight is 234 g/mol. The van der Waals surface area contributed by atoms with Crippen LogP contribution in [0.2, 0.25) is 0 Å². The third-order valence-electron chi connectivity index (χ3n) is 2.26. The Labute approximate surface area is 88.1 Å². The van der Waals surface area contributed by atoms with Gasteiger partial charge in [-0.05, 0) is 12.3 Å². The fourth-order valence-electron chi connectivity index (χ4n) is 1.55. The summed E-state index contributed by atoms with van der Waals surface area (Å²) in [7, 11) is -2.94. The van der Waals surface area contributed by atoms with E-state index >= 15 is 0 Å². The van der Waals surface area contributed by atoms with E-state index in [9.17, 15) is 18.0 Å². The zero-order valence-corrected chi connectivity index (χ0v) is 9.05. The van der Waals surface area contributed by atoms with Gasteiger partial charge in [0.15, 0.2) is 9.84 Å². The molecule has 1 atom stereocenters. The van der Waals surface area contributed by atoms with Crippen LogP contribution in [0.3, 0.4) is 0 Å². The Kier molecular flexibility index (Phi) is 3.67. The van der Waals surface area contributed by atoms with Gasteiger partial charge in [-0.25, -0.2) is 8.42 Å². The highest BCUT2D eigenvalue weighted by atomic mass is 32.2. The van der Waals surface area contributed by atoms with Crippen molar-refractivity contribution in [1.82, 2.24) is 5.32 Å². The molecule has 0 aliphatic carbocycles. The molecule has 0 radical (unpaired) electrons. The van der Waals surface area contributed by atoms with Crippen molar-refractivity contribution in [3.05, 3.63) is 0 Å². The first-order valence-corrected chi connectivity index (χ1v) is 6.46. The first-order valence-electron chi connectivity index (χ1n) is 4.64. The Balaban J connectivity index is 2.31. The Bertz CT molecular complexity index is 363. The molecular weight excluding hydrogens is 220 g/mol. The summed E-state index contributed by atoms with van der Waals surface area (Å²) in [6, 6.07) is 0. The molecule has 0 spiro atoms. The lowest BCUT2D eigenvalue weighted by molar-refractivity contribution is -0.125. The van der Waals surface area contributed by atoms with Crippen LogP contribution < -0.4 is 11.1 Å². The lowest BCUT2D eigenvalue weighted by Crippen LogP contribution is -2.34. The molecule has 86 valence electrons. The van der Waals surface area contributed by atoms with Gasteiger partial charge in [0.25, 0.3) is 0 Å². The summed E-state index contributed by atoms with van der Waals surface area (Å²) in [4.78, 5) is 21.6. The molecule has 0 bridgehead atoms. The van der Waals surface area contributed by atoms with Crippen LogP contribution in [0.4, 0.5) is 0 Å². The topological polar surface area (TPSA) is 106 Å². The minimum atomic E-state index is -2.94. The van der Waals surface area contributed by atoms with Crippen molar-refractivity contribution in [1.29, 1.82) is 0 Å². The second-order valence-corrected chi connectivity index (χ2v) is 5.94. The van der Waals surface area contributed by atoms with Crippen molar-refractivity contribution in [2.24, 2.45) is 11.7 Å². The summed E-state index contributed by atoms with van der Waals surface area (Å²) >= 11 is 0. The maximum atomic E-state index is 11.2. The molecule has 1 fully saturated rings. The number of carbonyl (C=O) groups is 2. The van der Waals surface area contributed by atoms with Crippen molar-refractivity contribution in [3.63, 3.8) is 0 Å². The van der Waals surface area contributed by atoms with Gasteiger partial charge in [0.1, 0.15) is 0 Å². The van der Waals surface area contributed by atoms with Crippen LogP contribution in [0.25, 0.3) is 0 Å². The second kappa shape index (κ2) is 4.61. The maximum absolute atomic E-state index is 11.2. The number of hydrogen-bond acceptors (Lipinski definition) is 4. The third kappa shape index (κ3) is 4.28. The largest absolute Gasteiger partial charge is 0.368 e. The van der Waals surface area contributed by atoms with Gasteiger partial charge in [0.2, 0.25) is 11.8 Å². The average Bonchev–Trinajstić information content (AvgIpc) is 2.42. The highest BCUT2D eigenvalue weighted by Gasteiger charge is 2.29. The summed E-state index contributed by atoms with van der Waals surface area (Å²) < 4.78 is 22.2. The van der Waals surface area contributed by atoms with E-state index in [1.54, 1.807) is 0 Å². The number of nitrogens with two attached hydrogens (primary N) is 1. The Morgan fingerprint density at radius 3 is 2.53 bits per heavy atom. The highest BCUT2D eigenvalue weighted by molar-refractivity contribution is 7.91. The minimum Gasteiger partial charge on any atom is -0.368 e. The summed E-state index contributed by atoms with van der Waals surface area (Å²) in [6.07, 6.45) is 0.666. The standard InChI is InChI=1S/C8H14N2O4S/c9-7(11)4-10-8(12)3-6-1-2-15(13,14)5-6/h6H,1-5H2,(H2,9,11)(H,10,12). The highest BCUT2D eigenvalue weighted by Crippen LogP contribution is 2.21. The molecule has 1 unspecified atom stereocenters. The van der Waals surface area contributed by atoms with E-state index in [0.29, 0.717) is 6.42 Å². The molecule has 1 saturated heterocycles. The third-order valence-corrected chi connectivity index (χ3v) is 4.10. The van der Waals surface area contributed by atoms with Gasteiger partial charge in [-0.15, -0.1) is 0 Å². The van der Waals surface area contributed by atoms with Crippen LogP contribution >= 0.6 is 0 Å². The second-order valence-electron chi connectivity index (χ2n) is 3.72. The quantitative estimate of drug-likeness (QED) is 0.611. The van der Waals surface area contributed by atoms with Crippen molar-refractivity contribution >= 4 is 21.7 Å². The molecule has 1 aliphatic heterocycles. The monoisotopic (exact) mass is 234 g/mol. The SMILES string of the molecule is NC(=O)CNC(=O)CC1CCS(=O)(=O)C1. The van der Waals surface area contributed by atoms with Crippen molar-refractivity contribution in [2.75, 3.05) is 18.1 Å². The number of nitrogens with one attached hydrogen (secondary N) is 1. The van der Waals surface area contributed by atoms with Crippen LogP contribution in [0.5, 0.6) is 0 Å². The number of rotatable bonds is 4. The van der Waals surface area contributed by atoms with Gasteiger partial charge < -0.3 is 11.1 Å². The van der Waals surface area contributed by atoms with E-state index in [-0.39, 0.29) is 36.3 Å². The van der Waals surface area contributed by atoms with E-state index in [4.69, 9.17) is 5.73 Å². The molecule has 0 aromatic carbocycles. The number of sulfone groups is 1. The Hall–Kier alpha value is -1.11. The van der Waals surface area contributed by atoms with Crippen molar-refractivity contribution in [2.45, 2.75) is 12.8 Å². The molecule has 1 heterocycles. The smallest absolute Gasteiger partial charge is 0.236 e. The van der Waals surface area contributed by atoms with Crippen LogP contribution in [0.1, 0.15) is 12.8 Å². The normalized spacial score (nSPS) is 23.6. The van der Waals surface area contributed by atoms with Gasteiger partial charge in [0, 0.05) is 6.42 Å². The van der Waals surface area contributed by atoms with E-state index in [1.165, 1.54) is 0 Å². The predicted octanol–water partition coefficient (Wildman–Crippen LogP) is -1.59. The summed E-state index contributed by atoms with van der Waals surface area (Å²) in [5.41, 5.74) is 4.84. The maximum Gasteiger partial charge on any atom is 0.236 e. The number of amides is 2. The molecular formula is C8H14N2O4S. The lowest BCUT2D eigenvalue weighted by atomic mass is 10.1. The lowest BCUT2D eigenvalue weighted by Gasteiger charge is -2.06. The molecule has 3 N–H and O–H groups in total. The van der Waals surface area contributed by atoms with Gasteiger partial charge in [-0.1, -0.05) is 0 Å². The Morgan fingerprint density at radius 1 is 1.40 bits per heavy atom. The van der Waals surface area contributed by atoms with Crippen molar-refractivity contribution in [3.8, 4) is 0 Å². The number of carbonyl (C=O) groups excluding carboxylic acids is 2. The molecule has 15 heavy (non-hydrogen) atoms. The first kappa shape index (κ1) is 12.0. The predicted molar refractivity (Wildman–Crippen MR) is 53.6 cm³/mol. The minimum absolute atomic E-state index is 0.0665. The molecule has 1 aliphatic rings. The van der Waals surface area contributed by atoms with Gasteiger partial charge >= 0.3 is 0 Å². The van der Waals surface area contributed by atoms with Crippen LogP contribution in [0.15, 0.2) is 0 Å². The van der Waals surface area contributed by atoms with E-state index < -0.39 is 15.7 Å². The van der Waals surface area contributed by atoms with Crippen LogP contribution in [0, 0.1) is 5.92 Å². The molecule has 6 nitrogen and oxygen atoms in total. The molecule has 1 rings (SSSR count). The molecule has 0 saturated carbocycles. The summed E-state index contributed by atoms with van der Waals surface area (Å²) in [5.74, 6) is -0.834. The van der Waals surface area contributed by atoms with E-state index in [2.05, 4.69) is 5.32 Å². The first-order chi connectivity index (χ1) is 6.89. The van der Waals surface area contributed by atoms with Gasteiger partial charge in [0.05, 0.1) is 18.1 Å². The molecule has 0 aromatic heterocycles. The summed E-state index contributed by atoms with van der Waals surface area (Å²) in [5, 5.41) is 2.33. The van der Waals surface area contributed by atoms with E-state index in [1.807, 2.05) is 0 Å². The molecule has 0 aromatic rings. The fraction of sp³-hybridized carbons (Fsp3) is 0.750. The zero-order chi connectivity index (χ0) is 11.5. The summed E-state index contributed by atoms with van der Waals surface area (Å²) in [6.45, 7) is -0.196. The zero-order valence-electron chi connectivity index (χ0n) is 8.23. The van der Waals surface area contributed by atoms with Crippen LogP contribution in [-0.2, 0) is 19.4 Å². The fourth-order valence-corrected chi connectivity index (χ4v) is 3.41. The van der Waals surface area contributed by atoms with Gasteiger partial charge in [-0.2, -0.15) is 0 Å².